The molecule has 4 nitrogen and oxygen atoms in total. The Balaban J connectivity index is 2.44. The van der Waals surface area contributed by atoms with Crippen LogP contribution in [0.25, 0.3) is 11.1 Å². The highest BCUT2D eigenvalue weighted by Crippen LogP contribution is 2.23. The molecule has 0 aliphatic heterocycles. The van der Waals surface area contributed by atoms with Crippen LogP contribution >= 0.6 is 0 Å². The van der Waals surface area contributed by atoms with Gasteiger partial charge < -0.3 is 14.4 Å². The first-order valence-corrected chi connectivity index (χ1v) is 5.26. The predicted molar refractivity (Wildman–Crippen MR) is 62.3 cm³/mol. The maximum atomic E-state index is 9.34. The normalized spacial score (nSPS) is 13.6. The van der Waals surface area contributed by atoms with E-state index in [9.17, 15) is 5.11 Å². The number of fused-ring (bicyclic) bond motifs is 1. The molecule has 1 aromatic carbocycles. The number of aliphatic hydroxyl groups excluding tert-OH is 1. The summed E-state index contributed by atoms with van der Waals surface area (Å²) >= 11 is 0. The van der Waals surface area contributed by atoms with Crippen LogP contribution in [0.5, 0.6) is 0 Å². The van der Waals surface area contributed by atoms with E-state index < -0.39 is 0 Å². The number of rotatable bonds is 3. The molecule has 0 aliphatic rings. The van der Waals surface area contributed by atoms with Crippen LogP contribution in [0.15, 0.2) is 22.6 Å². The summed E-state index contributed by atoms with van der Waals surface area (Å²) in [4.78, 5) is 6.22. The van der Waals surface area contributed by atoms with Crippen LogP contribution < -0.4 is 0 Å². The van der Waals surface area contributed by atoms with Crippen LogP contribution in [0.4, 0.5) is 0 Å². The van der Waals surface area contributed by atoms with Crippen molar-refractivity contribution in [2.45, 2.75) is 13.0 Å². The fourth-order valence-electron chi connectivity index (χ4n) is 1.83. The average molecular weight is 220 g/mol. The Bertz CT molecular complexity index is 491. The second-order valence-corrected chi connectivity index (χ2v) is 4.12. The van der Waals surface area contributed by atoms with Crippen LogP contribution in [0.3, 0.4) is 0 Å². The molecule has 1 unspecified atom stereocenters. The third-order valence-corrected chi connectivity index (χ3v) is 2.70. The summed E-state index contributed by atoms with van der Waals surface area (Å²) in [5, 5.41) is 9.34. The van der Waals surface area contributed by atoms with Gasteiger partial charge in [-0.3, -0.25) is 0 Å². The zero-order chi connectivity index (χ0) is 11.7. The molecule has 1 atom stereocenters. The van der Waals surface area contributed by atoms with Gasteiger partial charge in [0.2, 0.25) is 0 Å². The van der Waals surface area contributed by atoms with E-state index in [1.807, 2.05) is 44.1 Å². The topological polar surface area (TPSA) is 49.5 Å². The lowest BCUT2D eigenvalue weighted by Crippen LogP contribution is -2.22. The number of benzene rings is 1. The summed E-state index contributed by atoms with van der Waals surface area (Å²) in [6.07, 6.45) is 0. The van der Waals surface area contributed by atoms with E-state index in [1.54, 1.807) is 0 Å². The van der Waals surface area contributed by atoms with E-state index >= 15 is 0 Å². The minimum absolute atomic E-state index is 0.00481. The molecule has 0 bridgehead atoms. The van der Waals surface area contributed by atoms with Crippen molar-refractivity contribution < 1.29 is 9.52 Å². The molecule has 1 aromatic heterocycles. The van der Waals surface area contributed by atoms with Crippen molar-refractivity contribution in [2.24, 2.45) is 0 Å². The van der Waals surface area contributed by atoms with E-state index in [0.717, 1.165) is 16.7 Å². The Morgan fingerprint density at radius 3 is 2.81 bits per heavy atom. The zero-order valence-electron chi connectivity index (χ0n) is 9.77. The molecule has 2 rings (SSSR count). The lowest BCUT2D eigenvalue weighted by atomic mass is 10.1. The average Bonchev–Trinajstić information content (AvgIpc) is 2.57. The highest BCUT2D eigenvalue weighted by atomic mass is 16.3. The molecule has 0 spiro atoms. The van der Waals surface area contributed by atoms with Gasteiger partial charge in [0.05, 0.1) is 12.6 Å². The van der Waals surface area contributed by atoms with Crippen molar-refractivity contribution in [3.8, 4) is 0 Å². The first kappa shape index (κ1) is 11.1. The third kappa shape index (κ3) is 1.94. The van der Waals surface area contributed by atoms with Crippen LogP contribution in [0.1, 0.15) is 17.5 Å². The van der Waals surface area contributed by atoms with Gasteiger partial charge in [0.1, 0.15) is 5.52 Å². The number of hydrogen-bond acceptors (Lipinski definition) is 4. The number of likely N-dealkylation sites (N-methyl/N-ethyl adjacent to an activating group) is 1. The SMILES string of the molecule is Cc1nc2ccc(C(CO)N(C)C)cc2o1. The number of nitrogens with zero attached hydrogens (tertiary/aromatic N) is 2. The highest BCUT2D eigenvalue weighted by molar-refractivity contribution is 5.73. The summed E-state index contributed by atoms with van der Waals surface area (Å²) in [7, 11) is 3.88. The Hall–Kier alpha value is -1.39. The molecule has 86 valence electrons. The van der Waals surface area contributed by atoms with Gasteiger partial charge in [-0.1, -0.05) is 6.07 Å². The molecule has 2 aromatic rings. The molecule has 0 amide bonds. The maximum Gasteiger partial charge on any atom is 0.192 e. The molecular formula is C12H16N2O2. The highest BCUT2D eigenvalue weighted by Gasteiger charge is 2.14. The van der Waals surface area contributed by atoms with Gasteiger partial charge in [-0.15, -0.1) is 0 Å². The summed E-state index contributed by atoms with van der Waals surface area (Å²) in [6.45, 7) is 1.92. The van der Waals surface area contributed by atoms with E-state index in [1.165, 1.54) is 0 Å². The molecule has 1 N–H and O–H groups in total. The number of aryl methyl sites for hydroxylation is 1. The van der Waals surface area contributed by atoms with Crippen molar-refractivity contribution in [1.82, 2.24) is 9.88 Å². The van der Waals surface area contributed by atoms with Gasteiger partial charge in [0.15, 0.2) is 11.5 Å². The molecular weight excluding hydrogens is 204 g/mol. The van der Waals surface area contributed by atoms with Crippen molar-refractivity contribution >= 4 is 11.1 Å². The summed E-state index contributed by atoms with van der Waals surface area (Å²) in [5.41, 5.74) is 2.67. The molecule has 0 radical (unpaired) electrons. The summed E-state index contributed by atoms with van der Waals surface area (Å²) in [5.74, 6) is 0.664. The second-order valence-electron chi connectivity index (χ2n) is 4.12. The van der Waals surface area contributed by atoms with E-state index in [-0.39, 0.29) is 12.6 Å². The smallest absolute Gasteiger partial charge is 0.192 e. The van der Waals surface area contributed by atoms with Crippen LogP contribution in [0.2, 0.25) is 0 Å². The van der Waals surface area contributed by atoms with E-state index in [4.69, 9.17) is 4.42 Å². The Kier molecular flexibility index (Phi) is 2.94. The van der Waals surface area contributed by atoms with E-state index in [2.05, 4.69) is 4.98 Å². The predicted octanol–water partition coefficient (Wildman–Crippen LogP) is 1.73. The Morgan fingerprint density at radius 1 is 1.44 bits per heavy atom. The van der Waals surface area contributed by atoms with Gasteiger partial charge in [-0.05, 0) is 31.8 Å². The second kappa shape index (κ2) is 4.23. The first-order valence-electron chi connectivity index (χ1n) is 5.26. The quantitative estimate of drug-likeness (QED) is 0.855. The monoisotopic (exact) mass is 220 g/mol. The molecule has 1 heterocycles. The van der Waals surface area contributed by atoms with Crippen molar-refractivity contribution in [3.63, 3.8) is 0 Å². The van der Waals surface area contributed by atoms with Gasteiger partial charge >= 0.3 is 0 Å². The summed E-state index contributed by atoms with van der Waals surface area (Å²) < 4.78 is 5.47. The number of oxazole rings is 1. The third-order valence-electron chi connectivity index (χ3n) is 2.70. The van der Waals surface area contributed by atoms with Crippen molar-refractivity contribution in [3.05, 3.63) is 29.7 Å². The first-order chi connectivity index (χ1) is 7.61. The molecule has 0 fully saturated rings. The fraction of sp³-hybridized carbons (Fsp3) is 0.417. The Morgan fingerprint density at radius 2 is 2.19 bits per heavy atom. The maximum absolute atomic E-state index is 9.34. The van der Waals surface area contributed by atoms with Crippen molar-refractivity contribution in [1.29, 1.82) is 0 Å². The molecule has 0 saturated heterocycles. The minimum Gasteiger partial charge on any atom is -0.441 e. The largest absolute Gasteiger partial charge is 0.441 e. The van der Waals surface area contributed by atoms with Crippen molar-refractivity contribution in [2.75, 3.05) is 20.7 Å². The van der Waals surface area contributed by atoms with E-state index in [0.29, 0.717) is 5.89 Å². The minimum atomic E-state index is -0.00481. The lowest BCUT2D eigenvalue weighted by Gasteiger charge is -2.22. The van der Waals surface area contributed by atoms with Gasteiger partial charge in [0, 0.05) is 6.92 Å². The molecule has 0 aliphatic carbocycles. The molecule has 16 heavy (non-hydrogen) atoms. The number of aromatic nitrogens is 1. The number of aliphatic hydroxyl groups is 1. The van der Waals surface area contributed by atoms with Crippen LogP contribution in [-0.4, -0.2) is 35.7 Å². The van der Waals surface area contributed by atoms with Gasteiger partial charge in [-0.2, -0.15) is 0 Å². The van der Waals surface area contributed by atoms with Crippen LogP contribution in [0, 0.1) is 6.92 Å². The Labute approximate surface area is 94.5 Å². The summed E-state index contributed by atoms with van der Waals surface area (Å²) in [6, 6.07) is 5.84. The van der Waals surface area contributed by atoms with Crippen LogP contribution in [-0.2, 0) is 0 Å². The lowest BCUT2D eigenvalue weighted by molar-refractivity contribution is 0.171. The molecule has 0 saturated carbocycles. The fourth-order valence-corrected chi connectivity index (χ4v) is 1.83. The molecule has 4 heteroatoms. The van der Waals surface area contributed by atoms with Gasteiger partial charge in [0.25, 0.3) is 0 Å². The number of hydrogen-bond donors (Lipinski definition) is 1. The van der Waals surface area contributed by atoms with Gasteiger partial charge in [-0.25, -0.2) is 4.98 Å². The standard InChI is InChI=1S/C12H16N2O2/c1-8-13-10-5-4-9(6-12(10)16-8)11(7-15)14(2)3/h4-6,11,15H,7H2,1-3H3. The zero-order valence-corrected chi connectivity index (χ0v) is 9.77.